The van der Waals surface area contributed by atoms with Crippen LogP contribution in [0, 0.1) is 45.8 Å². The van der Waals surface area contributed by atoms with Crippen LogP contribution >= 0.6 is 0 Å². The summed E-state index contributed by atoms with van der Waals surface area (Å²) < 4.78 is 6.19. The molecular weight excluding hydrogens is 456 g/mol. The molecule has 7 nitrogen and oxygen atoms in total. The van der Waals surface area contributed by atoms with Gasteiger partial charge in [0, 0.05) is 36.3 Å². The highest BCUT2D eigenvalue weighted by atomic mass is 16.6. The Balaban J connectivity index is 1.47. The highest BCUT2D eigenvalue weighted by Gasteiger charge is 2.68. The quantitative estimate of drug-likeness (QED) is 0.568. The van der Waals surface area contributed by atoms with Gasteiger partial charge in [0.25, 0.3) is 0 Å². The van der Waals surface area contributed by atoms with Gasteiger partial charge in [0.15, 0.2) is 0 Å². The molecule has 2 aliphatic heterocycles. The number of hydrogen-bond donors (Lipinski definition) is 2. The molecule has 0 aromatic heterocycles. The van der Waals surface area contributed by atoms with Crippen molar-refractivity contribution in [1.82, 2.24) is 10.2 Å². The van der Waals surface area contributed by atoms with Crippen LogP contribution in [-0.4, -0.2) is 59.6 Å². The molecule has 1 unspecified atom stereocenters. The van der Waals surface area contributed by atoms with E-state index in [2.05, 4.69) is 44.5 Å². The van der Waals surface area contributed by atoms with Gasteiger partial charge < -0.3 is 14.7 Å². The SMILES string of the molecule is C=CC[C@]1(C)C[C@@H](OC(=O)NC(=O)[C@H]2CN3CC[C@@H]2C3)[C@]2(C)[C@H](C)CC[C@]3(CCC(=O)[C@H]32)[C@@H](C)[C@@H]1O. The second kappa shape index (κ2) is 8.93. The number of ether oxygens (including phenoxy) is 1. The van der Waals surface area contributed by atoms with E-state index in [4.69, 9.17) is 4.74 Å². The van der Waals surface area contributed by atoms with Crippen LogP contribution in [0.4, 0.5) is 4.79 Å². The Kier molecular flexibility index (Phi) is 6.43. The van der Waals surface area contributed by atoms with Crippen LogP contribution in [0.5, 0.6) is 0 Å². The van der Waals surface area contributed by atoms with Gasteiger partial charge in [0.05, 0.1) is 12.0 Å². The minimum atomic E-state index is -0.720. The minimum Gasteiger partial charge on any atom is -0.445 e. The smallest absolute Gasteiger partial charge is 0.414 e. The number of alkyl carbamates (subject to hydrolysis) is 1. The van der Waals surface area contributed by atoms with E-state index in [1.807, 2.05) is 6.08 Å². The molecule has 0 aromatic carbocycles. The minimum absolute atomic E-state index is 0.0464. The van der Waals surface area contributed by atoms with Crippen molar-refractivity contribution in [2.24, 2.45) is 45.8 Å². The molecule has 0 spiro atoms. The Morgan fingerprint density at radius 1 is 1.22 bits per heavy atom. The third kappa shape index (κ3) is 3.71. The van der Waals surface area contributed by atoms with Gasteiger partial charge in [-0.1, -0.05) is 33.8 Å². The average Bonchev–Trinajstić information content (AvgIpc) is 3.55. The summed E-state index contributed by atoms with van der Waals surface area (Å²) in [4.78, 5) is 42.0. The zero-order valence-corrected chi connectivity index (χ0v) is 22.4. The Morgan fingerprint density at radius 2 is 1.97 bits per heavy atom. The molecule has 2 heterocycles. The van der Waals surface area contributed by atoms with Crippen LogP contribution in [-0.2, 0) is 14.3 Å². The molecule has 4 bridgehead atoms. The molecule has 2 N–H and O–H groups in total. The van der Waals surface area contributed by atoms with E-state index in [9.17, 15) is 19.5 Å². The number of allylic oxidation sites excluding steroid dienone is 1. The maximum absolute atomic E-state index is 13.5. The predicted molar refractivity (Wildman–Crippen MR) is 136 cm³/mol. The standard InChI is InChI=1S/C29H44N2O5/c1-6-10-27(4)14-22(36-26(35)30-25(34)20-16-31-13-9-19(20)15-31)28(5)17(2)7-11-29(18(3)24(27)33)12-8-21(32)23(28)29/h6,17-20,22-24,33H,1,7-16H2,2-5H3,(H,30,34,35)/t17-,18+,19-,20+,22-,23+,24+,27-,28+,29+/m1/s1. The summed E-state index contributed by atoms with van der Waals surface area (Å²) in [5.74, 6) is -0.0384. The molecule has 7 heteroatoms. The topological polar surface area (TPSA) is 95.9 Å². The molecule has 0 radical (unpaired) electrons. The summed E-state index contributed by atoms with van der Waals surface area (Å²) >= 11 is 0. The highest BCUT2D eigenvalue weighted by molar-refractivity contribution is 5.93. The Labute approximate surface area is 215 Å². The summed E-state index contributed by atoms with van der Waals surface area (Å²) in [6.45, 7) is 15.1. The van der Waals surface area contributed by atoms with Crippen molar-refractivity contribution >= 4 is 17.8 Å². The molecule has 2 saturated heterocycles. The molecule has 11 atom stereocenters. The van der Waals surface area contributed by atoms with Crippen LogP contribution in [0.2, 0.25) is 0 Å². The van der Waals surface area contributed by atoms with E-state index in [1.165, 1.54) is 0 Å². The van der Waals surface area contributed by atoms with Crippen LogP contribution in [0.15, 0.2) is 12.7 Å². The maximum Gasteiger partial charge on any atom is 0.414 e. The first-order chi connectivity index (χ1) is 17.0. The molecule has 2 amide bonds. The first-order valence-electron chi connectivity index (χ1n) is 14.0. The van der Waals surface area contributed by atoms with Crippen molar-refractivity contribution in [1.29, 1.82) is 0 Å². The highest BCUT2D eigenvalue weighted by Crippen LogP contribution is 2.68. The largest absolute Gasteiger partial charge is 0.445 e. The lowest BCUT2D eigenvalue weighted by Crippen LogP contribution is -2.63. The van der Waals surface area contributed by atoms with Crippen molar-refractivity contribution in [3.63, 3.8) is 0 Å². The number of aliphatic hydroxyl groups excluding tert-OH is 1. The zero-order chi connectivity index (χ0) is 26.0. The number of imide groups is 1. The number of ketones is 1. The lowest BCUT2D eigenvalue weighted by molar-refractivity contribution is -0.197. The second-order valence-corrected chi connectivity index (χ2v) is 13.3. The van der Waals surface area contributed by atoms with Crippen LogP contribution in [0.25, 0.3) is 0 Å². The Hall–Kier alpha value is -1.73. The number of amides is 2. The van der Waals surface area contributed by atoms with E-state index < -0.39 is 29.1 Å². The van der Waals surface area contributed by atoms with Crippen molar-refractivity contribution in [3.8, 4) is 0 Å². The van der Waals surface area contributed by atoms with E-state index in [1.54, 1.807) is 0 Å². The molecule has 200 valence electrons. The van der Waals surface area contributed by atoms with Crippen molar-refractivity contribution in [3.05, 3.63) is 12.7 Å². The summed E-state index contributed by atoms with van der Waals surface area (Å²) in [6, 6.07) is 0. The maximum atomic E-state index is 13.5. The molecule has 3 aliphatic carbocycles. The molecule has 36 heavy (non-hydrogen) atoms. The van der Waals surface area contributed by atoms with Crippen molar-refractivity contribution in [2.75, 3.05) is 19.6 Å². The fourth-order valence-electron chi connectivity index (χ4n) is 9.32. The van der Waals surface area contributed by atoms with Crippen LogP contribution in [0.1, 0.15) is 72.6 Å². The van der Waals surface area contributed by atoms with Gasteiger partial charge in [-0.15, -0.1) is 6.58 Å². The van der Waals surface area contributed by atoms with E-state index >= 15 is 0 Å². The second-order valence-electron chi connectivity index (χ2n) is 13.3. The number of aliphatic hydroxyl groups is 1. The first-order valence-corrected chi connectivity index (χ1v) is 14.0. The monoisotopic (exact) mass is 500 g/mol. The van der Waals surface area contributed by atoms with Gasteiger partial charge in [0.1, 0.15) is 11.9 Å². The lowest BCUT2D eigenvalue weighted by Gasteiger charge is -2.62. The van der Waals surface area contributed by atoms with Gasteiger partial charge in [-0.2, -0.15) is 0 Å². The summed E-state index contributed by atoms with van der Waals surface area (Å²) in [5.41, 5.74) is -1.43. The lowest BCUT2D eigenvalue weighted by atomic mass is 9.43. The number of nitrogens with one attached hydrogen (secondary N) is 1. The van der Waals surface area contributed by atoms with E-state index in [0.29, 0.717) is 31.7 Å². The number of piperidine rings is 1. The Bertz CT molecular complexity index is 952. The normalized spacial score (nSPS) is 49.6. The summed E-state index contributed by atoms with van der Waals surface area (Å²) in [7, 11) is 0. The fourth-order valence-corrected chi connectivity index (χ4v) is 9.32. The molecule has 3 saturated carbocycles. The predicted octanol–water partition coefficient (Wildman–Crippen LogP) is 3.94. The number of hydrogen-bond acceptors (Lipinski definition) is 6. The Morgan fingerprint density at radius 3 is 2.61 bits per heavy atom. The van der Waals surface area contributed by atoms with Gasteiger partial charge >= 0.3 is 6.09 Å². The van der Waals surface area contributed by atoms with Crippen LogP contribution in [0.3, 0.4) is 0 Å². The molecule has 0 aromatic rings. The number of rotatable bonds is 4. The van der Waals surface area contributed by atoms with Gasteiger partial charge in [0.2, 0.25) is 5.91 Å². The van der Waals surface area contributed by atoms with Gasteiger partial charge in [-0.25, -0.2) is 4.79 Å². The van der Waals surface area contributed by atoms with E-state index in [-0.39, 0.29) is 40.8 Å². The zero-order valence-electron chi connectivity index (χ0n) is 22.4. The van der Waals surface area contributed by atoms with E-state index in [0.717, 1.165) is 38.8 Å². The van der Waals surface area contributed by atoms with Gasteiger partial charge in [-0.3, -0.25) is 14.9 Å². The number of fused-ring (bicyclic) bond motifs is 2. The summed E-state index contributed by atoms with van der Waals surface area (Å²) in [6.07, 6.45) is 4.98. The van der Waals surface area contributed by atoms with Crippen molar-refractivity contribution in [2.45, 2.75) is 84.8 Å². The number of nitrogens with zero attached hydrogens (tertiary/aromatic N) is 1. The van der Waals surface area contributed by atoms with Gasteiger partial charge in [-0.05, 0) is 68.2 Å². The number of carbonyl (C=O) groups is 3. The number of carbonyl (C=O) groups excluding carboxylic acids is 3. The van der Waals surface area contributed by atoms with Crippen molar-refractivity contribution < 1.29 is 24.2 Å². The average molecular weight is 501 g/mol. The first kappa shape index (κ1) is 25.9. The molecule has 5 aliphatic rings. The number of Topliss-reactive ketones (excluding diaryl/α,β-unsaturated/α-hetero) is 1. The van der Waals surface area contributed by atoms with Crippen LogP contribution < -0.4 is 5.32 Å². The third-order valence-corrected chi connectivity index (χ3v) is 11.7. The fraction of sp³-hybridized carbons (Fsp3) is 0.828. The molecule has 5 rings (SSSR count). The third-order valence-electron chi connectivity index (χ3n) is 11.7. The molecule has 5 fully saturated rings. The summed E-state index contributed by atoms with van der Waals surface area (Å²) in [5, 5.41) is 14.3. The molecular formula is C29H44N2O5.